The number of aromatic amines is 1. The van der Waals surface area contributed by atoms with E-state index >= 15 is 0 Å². The summed E-state index contributed by atoms with van der Waals surface area (Å²) in [6, 6.07) is -0.159. The predicted octanol–water partition coefficient (Wildman–Crippen LogP) is 0.762. The van der Waals surface area contributed by atoms with Crippen LogP contribution in [0.4, 0.5) is 0 Å². The lowest BCUT2D eigenvalue weighted by atomic mass is 10.4. The first-order valence-electron chi connectivity index (χ1n) is 5.72. The van der Waals surface area contributed by atoms with E-state index in [0.29, 0.717) is 11.4 Å². The number of rotatable bonds is 6. The van der Waals surface area contributed by atoms with Crippen LogP contribution in [0, 0.1) is 6.92 Å². The fourth-order valence-corrected chi connectivity index (χ4v) is 3.73. The number of H-pyrrole nitrogens is 1. The smallest absolute Gasteiger partial charge is 0.247 e. The molecule has 0 spiro atoms. The summed E-state index contributed by atoms with van der Waals surface area (Å²) in [6.45, 7) is 9.24. The maximum Gasteiger partial charge on any atom is 0.247 e. The van der Waals surface area contributed by atoms with Gasteiger partial charge in [0.25, 0.3) is 0 Å². The number of nitrogens with zero attached hydrogens (tertiary/aromatic N) is 2. The Morgan fingerprint density at radius 2 is 2.17 bits per heavy atom. The van der Waals surface area contributed by atoms with Gasteiger partial charge in [0.1, 0.15) is 4.90 Å². The van der Waals surface area contributed by atoms with E-state index < -0.39 is 10.0 Å². The molecule has 0 bridgehead atoms. The lowest BCUT2D eigenvalue weighted by molar-refractivity contribution is 0.382. The summed E-state index contributed by atoms with van der Waals surface area (Å²) in [7, 11) is -3.60. The van der Waals surface area contributed by atoms with Gasteiger partial charge in [0, 0.05) is 19.1 Å². The molecule has 0 radical (unpaired) electrons. The molecule has 0 aromatic carbocycles. The molecule has 102 valence electrons. The average molecular weight is 272 g/mol. The summed E-state index contributed by atoms with van der Waals surface area (Å²) in [5.41, 5.74) is 6.39. The van der Waals surface area contributed by atoms with E-state index in [2.05, 4.69) is 16.8 Å². The highest BCUT2D eigenvalue weighted by atomic mass is 32.2. The van der Waals surface area contributed by atoms with Gasteiger partial charge in [-0.15, -0.1) is 6.58 Å². The Labute approximate surface area is 108 Å². The largest absolute Gasteiger partial charge is 0.325 e. The van der Waals surface area contributed by atoms with Crippen LogP contribution in [-0.4, -0.2) is 35.5 Å². The van der Waals surface area contributed by atoms with Gasteiger partial charge in [-0.05, 0) is 20.8 Å². The Kier molecular flexibility index (Phi) is 4.66. The molecular weight excluding hydrogens is 252 g/mol. The van der Waals surface area contributed by atoms with Crippen molar-refractivity contribution in [2.75, 3.05) is 6.54 Å². The van der Waals surface area contributed by atoms with Crippen molar-refractivity contribution in [3.05, 3.63) is 24.0 Å². The molecule has 0 unspecified atom stereocenters. The van der Waals surface area contributed by atoms with Gasteiger partial charge < -0.3 is 5.73 Å². The third kappa shape index (κ3) is 2.63. The molecule has 0 saturated carbocycles. The fraction of sp³-hybridized carbons (Fsp3) is 0.545. The van der Waals surface area contributed by atoms with Crippen molar-refractivity contribution < 1.29 is 8.42 Å². The van der Waals surface area contributed by atoms with Crippen LogP contribution in [0.3, 0.4) is 0 Å². The number of hydrogen-bond acceptors (Lipinski definition) is 4. The Morgan fingerprint density at radius 3 is 2.61 bits per heavy atom. The first kappa shape index (κ1) is 14.9. The SMILES string of the molecule is C=CCN(C(C)C)S(=O)(=O)c1c(CN)n[nH]c1C. The minimum atomic E-state index is -3.60. The zero-order chi connectivity index (χ0) is 13.9. The van der Waals surface area contributed by atoms with Crippen molar-refractivity contribution in [1.82, 2.24) is 14.5 Å². The lowest BCUT2D eigenvalue weighted by Gasteiger charge is -2.24. The number of aryl methyl sites for hydroxylation is 1. The van der Waals surface area contributed by atoms with Gasteiger partial charge in [-0.1, -0.05) is 6.08 Å². The first-order chi connectivity index (χ1) is 8.36. The summed E-state index contributed by atoms with van der Waals surface area (Å²) in [4.78, 5) is 0.181. The molecule has 3 N–H and O–H groups in total. The number of sulfonamides is 1. The van der Waals surface area contributed by atoms with Gasteiger partial charge in [-0.3, -0.25) is 5.10 Å². The Morgan fingerprint density at radius 1 is 1.56 bits per heavy atom. The molecule has 0 aliphatic rings. The minimum absolute atomic E-state index is 0.0823. The average Bonchev–Trinajstić information content (AvgIpc) is 2.67. The van der Waals surface area contributed by atoms with E-state index in [1.165, 1.54) is 4.31 Å². The van der Waals surface area contributed by atoms with Crippen LogP contribution in [0.15, 0.2) is 17.6 Å². The molecule has 0 aliphatic carbocycles. The van der Waals surface area contributed by atoms with Crippen molar-refractivity contribution in [3.63, 3.8) is 0 Å². The van der Waals surface area contributed by atoms with Gasteiger partial charge in [-0.2, -0.15) is 9.40 Å². The second-order valence-corrected chi connectivity index (χ2v) is 6.11. The zero-order valence-electron chi connectivity index (χ0n) is 11.0. The van der Waals surface area contributed by atoms with Gasteiger partial charge in [0.2, 0.25) is 10.0 Å². The molecule has 1 aromatic heterocycles. The van der Waals surface area contributed by atoms with E-state index in [-0.39, 0.29) is 24.0 Å². The molecule has 1 rings (SSSR count). The fourth-order valence-electron chi connectivity index (χ4n) is 1.78. The summed E-state index contributed by atoms with van der Waals surface area (Å²) in [5, 5.41) is 6.59. The van der Waals surface area contributed by atoms with Gasteiger partial charge in [0.05, 0.1) is 11.4 Å². The van der Waals surface area contributed by atoms with E-state index in [1.54, 1.807) is 13.0 Å². The molecule has 7 heteroatoms. The topological polar surface area (TPSA) is 92.1 Å². The van der Waals surface area contributed by atoms with E-state index in [4.69, 9.17) is 5.73 Å². The van der Waals surface area contributed by atoms with E-state index in [1.807, 2.05) is 13.8 Å². The summed E-state index contributed by atoms with van der Waals surface area (Å²) >= 11 is 0. The lowest BCUT2D eigenvalue weighted by Crippen LogP contribution is -2.37. The maximum absolute atomic E-state index is 12.6. The third-order valence-electron chi connectivity index (χ3n) is 2.61. The normalized spacial score (nSPS) is 12.3. The van der Waals surface area contributed by atoms with Crippen molar-refractivity contribution in [2.45, 2.75) is 38.3 Å². The van der Waals surface area contributed by atoms with Crippen LogP contribution in [0.1, 0.15) is 25.2 Å². The monoisotopic (exact) mass is 272 g/mol. The van der Waals surface area contributed by atoms with Crippen LogP contribution in [0.25, 0.3) is 0 Å². The van der Waals surface area contributed by atoms with Crippen molar-refractivity contribution in [3.8, 4) is 0 Å². The minimum Gasteiger partial charge on any atom is -0.325 e. The maximum atomic E-state index is 12.6. The zero-order valence-corrected chi connectivity index (χ0v) is 11.8. The molecule has 0 atom stereocenters. The molecule has 1 heterocycles. The molecule has 0 amide bonds. The van der Waals surface area contributed by atoms with E-state index in [9.17, 15) is 8.42 Å². The highest BCUT2D eigenvalue weighted by Crippen LogP contribution is 2.23. The Hall–Kier alpha value is -1.18. The van der Waals surface area contributed by atoms with Crippen LogP contribution in [0.5, 0.6) is 0 Å². The van der Waals surface area contributed by atoms with Crippen LogP contribution < -0.4 is 5.73 Å². The third-order valence-corrected chi connectivity index (χ3v) is 4.85. The summed E-state index contributed by atoms with van der Waals surface area (Å²) < 4.78 is 26.5. The number of nitrogens with one attached hydrogen (secondary N) is 1. The second-order valence-electron chi connectivity index (χ2n) is 4.29. The summed E-state index contributed by atoms with van der Waals surface area (Å²) in [5.74, 6) is 0. The molecule has 1 aromatic rings. The molecule has 0 fully saturated rings. The summed E-state index contributed by atoms with van der Waals surface area (Å²) in [6.07, 6.45) is 1.56. The second kappa shape index (κ2) is 5.64. The van der Waals surface area contributed by atoms with Gasteiger partial charge in [0.15, 0.2) is 0 Å². The quantitative estimate of drug-likeness (QED) is 0.748. The van der Waals surface area contributed by atoms with Gasteiger partial charge in [-0.25, -0.2) is 8.42 Å². The molecule has 0 saturated heterocycles. The van der Waals surface area contributed by atoms with Crippen molar-refractivity contribution in [2.24, 2.45) is 5.73 Å². The van der Waals surface area contributed by atoms with Crippen LogP contribution in [-0.2, 0) is 16.6 Å². The number of hydrogen-bond donors (Lipinski definition) is 2. The predicted molar refractivity (Wildman–Crippen MR) is 70.4 cm³/mol. The number of nitrogens with two attached hydrogens (primary N) is 1. The highest BCUT2D eigenvalue weighted by molar-refractivity contribution is 7.89. The van der Waals surface area contributed by atoms with Crippen molar-refractivity contribution in [1.29, 1.82) is 0 Å². The molecule has 18 heavy (non-hydrogen) atoms. The van der Waals surface area contributed by atoms with Gasteiger partial charge >= 0.3 is 0 Å². The van der Waals surface area contributed by atoms with E-state index in [0.717, 1.165) is 0 Å². The number of aromatic nitrogens is 2. The van der Waals surface area contributed by atoms with Crippen LogP contribution in [0.2, 0.25) is 0 Å². The molecule has 6 nitrogen and oxygen atoms in total. The standard InChI is InChI=1S/C11H20N4O2S/c1-5-6-15(8(2)3)18(16,17)11-9(4)13-14-10(11)7-12/h5,8H,1,6-7,12H2,2-4H3,(H,13,14). The Balaban J connectivity index is 3.34. The van der Waals surface area contributed by atoms with Crippen LogP contribution >= 0.6 is 0 Å². The van der Waals surface area contributed by atoms with Crippen molar-refractivity contribution >= 4 is 10.0 Å². The molecule has 0 aliphatic heterocycles. The Bertz CT molecular complexity index is 519. The first-order valence-corrected chi connectivity index (χ1v) is 7.16. The highest BCUT2D eigenvalue weighted by Gasteiger charge is 2.31. The molecular formula is C11H20N4O2S.